The van der Waals surface area contributed by atoms with Gasteiger partial charge >= 0.3 is 0 Å². The fraction of sp³-hybridized carbons (Fsp3) is 0.600. The molecule has 0 aliphatic carbocycles. The smallest absolute Gasteiger partial charge is 0.165 e. The van der Waals surface area contributed by atoms with E-state index in [-0.39, 0.29) is 18.2 Å². The Kier molecular flexibility index (Phi) is 6.81. The summed E-state index contributed by atoms with van der Waals surface area (Å²) >= 11 is 0. The molecule has 1 atom stereocenters. The highest BCUT2D eigenvalue weighted by atomic mass is 19.1. The SMILES string of the molecule is CCC(O)COc1ccc(CNCC(C)C)cc1F. The van der Waals surface area contributed by atoms with Crippen LogP contribution in [0.15, 0.2) is 18.2 Å². The van der Waals surface area contributed by atoms with Gasteiger partial charge in [0.25, 0.3) is 0 Å². The van der Waals surface area contributed by atoms with Crippen molar-refractivity contribution in [3.05, 3.63) is 29.6 Å². The van der Waals surface area contributed by atoms with Gasteiger partial charge in [-0.2, -0.15) is 0 Å². The molecule has 0 aromatic heterocycles. The number of ether oxygens (including phenoxy) is 1. The van der Waals surface area contributed by atoms with Crippen molar-refractivity contribution in [1.82, 2.24) is 5.32 Å². The molecule has 0 aliphatic heterocycles. The predicted molar refractivity (Wildman–Crippen MR) is 74.7 cm³/mol. The van der Waals surface area contributed by atoms with Gasteiger partial charge in [-0.15, -0.1) is 0 Å². The van der Waals surface area contributed by atoms with E-state index in [0.29, 0.717) is 18.9 Å². The topological polar surface area (TPSA) is 41.5 Å². The summed E-state index contributed by atoms with van der Waals surface area (Å²) in [6.45, 7) is 7.79. The van der Waals surface area contributed by atoms with E-state index in [4.69, 9.17) is 4.74 Å². The average Bonchev–Trinajstić information content (AvgIpc) is 2.37. The molecule has 0 saturated heterocycles. The lowest BCUT2D eigenvalue weighted by atomic mass is 10.2. The molecule has 0 fully saturated rings. The molecular formula is C15H24FNO2. The molecule has 1 rings (SSSR count). The van der Waals surface area contributed by atoms with E-state index in [1.165, 1.54) is 6.07 Å². The maximum atomic E-state index is 13.8. The molecule has 1 aromatic carbocycles. The molecule has 1 unspecified atom stereocenters. The first-order chi connectivity index (χ1) is 9.02. The lowest BCUT2D eigenvalue weighted by molar-refractivity contribution is 0.102. The minimum atomic E-state index is -0.549. The third-order valence-corrected chi connectivity index (χ3v) is 2.78. The number of halogens is 1. The maximum Gasteiger partial charge on any atom is 0.165 e. The summed E-state index contributed by atoms with van der Waals surface area (Å²) in [6.07, 6.45) is 0.0468. The molecule has 0 spiro atoms. The normalized spacial score (nSPS) is 12.7. The Bertz CT molecular complexity index is 382. The lowest BCUT2D eigenvalue weighted by Gasteiger charge is -2.12. The van der Waals surface area contributed by atoms with Gasteiger partial charge in [0.1, 0.15) is 6.61 Å². The molecule has 0 heterocycles. The Morgan fingerprint density at radius 3 is 2.68 bits per heavy atom. The molecule has 1 aromatic rings. The number of nitrogens with one attached hydrogen (secondary N) is 1. The molecule has 0 radical (unpaired) electrons. The number of hydrogen-bond donors (Lipinski definition) is 2. The molecular weight excluding hydrogens is 245 g/mol. The summed E-state index contributed by atoms with van der Waals surface area (Å²) in [7, 11) is 0. The van der Waals surface area contributed by atoms with Crippen LogP contribution in [0.3, 0.4) is 0 Å². The Balaban J connectivity index is 2.49. The van der Waals surface area contributed by atoms with Crippen molar-refractivity contribution in [3.63, 3.8) is 0 Å². The summed E-state index contributed by atoms with van der Waals surface area (Å²) in [5.74, 6) is 0.384. The summed E-state index contributed by atoms with van der Waals surface area (Å²) in [6, 6.07) is 4.93. The van der Waals surface area contributed by atoms with Crippen LogP contribution in [0.1, 0.15) is 32.8 Å². The highest BCUT2D eigenvalue weighted by Gasteiger charge is 2.07. The van der Waals surface area contributed by atoms with Crippen LogP contribution in [0, 0.1) is 11.7 Å². The molecule has 0 saturated carbocycles. The number of aliphatic hydroxyl groups excluding tert-OH is 1. The molecule has 4 heteroatoms. The third-order valence-electron chi connectivity index (χ3n) is 2.78. The summed E-state index contributed by atoms with van der Waals surface area (Å²) in [5.41, 5.74) is 0.890. The van der Waals surface area contributed by atoms with Crippen molar-refractivity contribution >= 4 is 0 Å². The van der Waals surface area contributed by atoms with Gasteiger partial charge in [0.05, 0.1) is 6.10 Å². The van der Waals surface area contributed by atoms with Crippen LogP contribution in [0.5, 0.6) is 5.75 Å². The largest absolute Gasteiger partial charge is 0.488 e. The number of rotatable bonds is 8. The van der Waals surface area contributed by atoms with Gasteiger partial charge in [-0.3, -0.25) is 0 Å². The molecule has 3 nitrogen and oxygen atoms in total. The first kappa shape index (κ1) is 15.9. The van der Waals surface area contributed by atoms with E-state index >= 15 is 0 Å². The minimum absolute atomic E-state index is 0.123. The second-order valence-electron chi connectivity index (χ2n) is 5.16. The van der Waals surface area contributed by atoms with Crippen molar-refractivity contribution < 1.29 is 14.2 Å². The Labute approximate surface area is 114 Å². The standard InChI is InChI=1S/C15H24FNO2/c1-4-13(18)10-19-15-6-5-12(7-14(15)16)9-17-8-11(2)3/h5-7,11,13,17-18H,4,8-10H2,1-3H3. The fourth-order valence-corrected chi connectivity index (χ4v) is 1.58. The Hall–Kier alpha value is -1.13. The number of benzene rings is 1. The van der Waals surface area contributed by atoms with Crippen LogP contribution in [0.4, 0.5) is 4.39 Å². The average molecular weight is 269 g/mol. The quantitative estimate of drug-likeness (QED) is 0.762. The maximum absolute atomic E-state index is 13.8. The lowest BCUT2D eigenvalue weighted by Crippen LogP contribution is -2.19. The second kappa shape index (κ2) is 8.12. The molecule has 0 bridgehead atoms. The predicted octanol–water partition coefficient (Wildman–Crippen LogP) is 2.72. The minimum Gasteiger partial charge on any atom is -0.488 e. The first-order valence-corrected chi connectivity index (χ1v) is 6.83. The second-order valence-corrected chi connectivity index (χ2v) is 5.16. The van der Waals surface area contributed by atoms with E-state index in [1.807, 2.05) is 13.0 Å². The number of hydrogen-bond acceptors (Lipinski definition) is 3. The van der Waals surface area contributed by atoms with Crippen molar-refractivity contribution in [2.24, 2.45) is 5.92 Å². The van der Waals surface area contributed by atoms with Crippen LogP contribution in [0.25, 0.3) is 0 Å². The van der Waals surface area contributed by atoms with E-state index in [9.17, 15) is 9.50 Å². The van der Waals surface area contributed by atoms with Gasteiger partial charge < -0.3 is 15.2 Å². The van der Waals surface area contributed by atoms with Crippen LogP contribution >= 0.6 is 0 Å². The fourth-order valence-electron chi connectivity index (χ4n) is 1.58. The van der Waals surface area contributed by atoms with E-state index in [1.54, 1.807) is 6.07 Å². The van der Waals surface area contributed by atoms with Crippen molar-refractivity contribution in [3.8, 4) is 5.75 Å². The molecule has 108 valence electrons. The van der Waals surface area contributed by atoms with E-state index < -0.39 is 6.10 Å². The van der Waals surface area contributed by atoms with Crippen LogP contribution in [-0.2, 0) is 6.54 Å². The van der Waals surface area contributed by atoms with Crippen LogP contribution in [-0.4, -0.2) is 24.4 Å². The summed E-state index contributed by atoms with van der Waals surface area (Å²) in [5, 5.41) is 12.6. The van der Waals surface area contributed by atoms with E-state index in [2.05, 4.69) is 19.2 Å². The van der Waals surface area contributed by atoms with Gasteiger partial charge in [-0.05, 0) is 36.6 Å². The monoisotopic (exact) mass is 269 g/mol. The van der Waals surface area contributed by atoms with Crippen molar-refractivity contribution in [2.45, 2.75) is 39.8 Å². The zero-order chi connectivity index (χ0) is 14.3. The molecule has 0 aliphatic rings. The molecule has 0 amide bonds. The summed E-state index contributed by atoms with van der Waals surface area (Å²) < 4.78 is 19.0. The van der Waals surface area contributed by atoms with E-state index in [0.717, 1.165) is 12.1 Å². The highest BCUT2D eigenvalue weighted by molar-refractivity contribution is 5.29. The van der Waals surface area contributed by atoms with Gasteiger partial charge in [0.15, 0.2) is 11.6 Å². The van der Waals surface area contributed by atoms with Crippen LogP contribution in [0.2, 0.25) is 0 Å². The van der Waals surface area contributed by atoms with Gasteiger partial charge in [-0.1, -0.05) is 26.8 Å². The molecule has 2 N–H and O–H groups in total. The third kappa shape index (κ3) is 6.03. The van der Waals surface area contributed by atoms with Crippen molar-refractivity contribution in [2.75, 3.05) is 13.2 Å². The Morgan fingerprint density at radius 2 is 2.11 bits per heavy atom. The van der Waals surface area contributed by atoms with Gasteiger partial charge in [0.2, 0.25) is 0 Å². The highest BCUT2D eigenvalue weighted by Crippen LogP contribution is 2.18. The van der Waals surface area contributed by atoms with Crippen LogP contribution < -0.4 is 10.1 Å². The number of aliphatic hydroxyl groups is 1. The first-order valence-electron chi connectivity index (χ1n) is 6.83. The van der Waals surface area contributed by atoms with Crippen molar-refractivity contribution in [1.29, 1.82) is 0 Å². The summed E-state index contributed by atoms with van der Waals surface area (Å²) in [4.78, 5) is 0. The van der Waals surface area contributed by atoms with Gasteiger partial charge in [0, 0.05) is 6.54 Å². The molecule has 19 heavy (non-hydrogen) atoms. The zero-order valence-corrected chi connectivity index (χ0v) is 11.9. The Morgan fingerprint density at radius 1 is 1.37 bits per heavy atom. The van der Waals surface area contributed by atoms with Gasteiger partial charge in [-0.25, -0.2) is 4.39 Å². The zero-order valence-electron chi connectivity index (χ0n) is 11.9.